The molecule has 0 N–H and O–H groups in total. The van der Waals surface area contributed by atoms with E-state index in [1.54, 1.807) is 27.7 Å². The largest absolute Gasteiger partial charge is 0.466 e. The fourth-order valence-electron chi connectivity index (χ4n) is 1.22. The van der Waals surface area contributed by atoms with Gasteiger partial charge in [-0.25, -0.2) is 4.79 Å². The molecule has 94 valence electrons. The molecule has 16 heavy (non-hydrogen) atoms. The zero-order chi connectivity index (χ0) is 12.6. The number of carbonyl (C=O) groups is 2. The molecule has 5 heteroatoms. The summed E-state index contributed by atoms with van der Waals surface area (Å²) in [6.07, 6.45) is -0.885. The smallest absolute Gasteiger partial charge is 0.336 e. The highest BCUT2D eigenvalue weighted by atomic mass is 16.6. The van der Waals surface area contributed by atoms with Gasteiger partial charge in [-0.15, -0.1) is 0 Å². The average Bonchev–Trinajstić information content (AvgIpc) is 2.25. The number of carbonyl (C=O) groups excluding carboxylic acids is 2. The standard InChI is InChI=1S/C11H20O5/c1-5-14-9(11(13)16-7-3)8(4)10(12)15-6-2/h8-9H,5-7H2,1-4H3. The zero-order valence-electron chi connectivity index (χ0n) is 10.3. The second kappa shape index (κ2) is 8.10. The lowest BCUT2D eigenvalue weighted by atomic mass is 10.1. The highest BCUT2D eigenvalue weighted by molar-refractivity contribution is 5.83. The minimum atomic E-state index is -0.885. The Balaban J connectivity index is 4.50. The highest BCUT2D eigenvalue weighted by Gasteiger charge is 2.32. The summed E-state index contributed by atoms with van der Waals surface area (Å²) in [5.41, 5.74) is 0. The monoisotopic (exact) mass is 232 g/mol. The Kier molecular flexibility index (Phi) is 7.54. The molecule has 0 aromatic rings. The van der Waals surface area contributed by atoms with Crippen molar-refractivity contribution in [3.05, 3.63) is 0 Å². The normalized spacial score (nSPS) is 14.0. The maximum Gasteiger partial charge on any atom is 0.336 e. The summed E-state index contributed by atoms with van der Waals surface area (Å²) in [5, 5.41) is 0. The first-order chi connectivity index (χ1) is 7.58. The Morgan fingerprint density at radius 3 is 1.88 bits per heavy atom. The van der Waals surface area contributed by atoms with Gasteiger partial charge in [-0.05, 0) is 27.7 Å². The van der Waals surface area contributed by atoms with E-state index in [2.05, 4.69) is 0 Å². The Labute approximate surface area is 96.1 Å². The van der Waals surface area contributed by atoms with Crippen LogP contribution in [0.15, 0.2) is 0 Å². The molecule has 0 fully saturated rings. The summed E-state index contributed by atoms with van der Waals surface area (Å²) in [4.78, 5) is 23.0. The fourth-order valence-corrected chi connectivity index (χ4v) is 1.22. The molecule has 0 rings (SSSR count). The van der Waals surface area contributed by atoms with Crippen LogP contribution in [0, 0.1) is 5.92 Å². The van der Waals surface area contributed by atoms with Crippen LogP contribution in [0.1, 0.15) is 27.7 Å². The first-order valence-electron chi connectivity index (χ1n) is 5.53. The maximum absolute atomic E-state index is 11.5. The lowest BCUT2D eigenvalue weighted by Gasteiger charge is -2.20. The molecule has 0 spiro atoms. The number of esters is 2. The molecular formula is C11H20O5. The second-order valence-corrected chi connectivity index (χ2v) is 3.17. The molecule has 0 saturated carbocycles. The molecule has 0 radical (unpaired) electrons. The van der Waals surface area contributed by atoms with Gasteiger partial charge in [0.25, 0.3) is 0 Å². The summed E-state index contributed by atoms with van der Waals surface area (Å²) in [5.74, 6) is -1.63. The molecule has 0 heterocycles. The van der Waals surface area contributed by atoms with E-state index < -0.39 is 24.0 Å². The number of ether oxygens (including phenoxy) is 3. The molecule has 0 amide bonds. The van der Waals surface area contributed by atoms with Gasteiger partial charge in [0.1, 0.15) is 0 Å². The van der Waals surface area contributed by atoms with E-state index >= 15 is 0 Å². The molecule has 5 nitrogen and oxygen atoms in total. The van der Waals surface area contributed by atoms with E-state index in [0.29, 0.717) is 6.61 Å². The predicted molar refractivity (Wildman–Crippen MR) is 57.8 cm³/mol. The topological polar surface area (TPSA) is 61.8 Å². The van der Waals surface area contributed by atoms with Gasteiger partial charge in [0, 0.05) is 6.61 Å². The molecule has 0 saturated heterocycles. The maximum atomic E-state index is 11.5. The minimum Gasteiger partial charge on any atom is -0.466 e. The third-order valence-corrected chi connectivity index (χ3v) is 1.98. The Morgan fingerprint density at radius 1 is 0.938 bits per heavy atom. The van der Waals surface area contributed by atoms with E-state index in [-0.39, 0.29) is 13.2 Å². The SMILES string of the molecule is CCOC(=O)C(C)C(OCC)C(=O)OCC. The Hall–Kier alpha value is -1.10. The third-order valence-electron chi connectivity index (χ3n) is 1.98. The molecule has 2 atom stereocenters. The van der Waals surface area contributed by atoms with Crippen LogP contribution in [0.2, 0.25) is 0 Å². The van der Waals surface area contributed by atoms with Gasteiger partial charge in [-0.3, -0.25) is 4.79 Å². The summed E-state index contributed by atoms with van der Waals surface area (Å²) in [6.45, 7) is 7.65. The van der Waals surface area contributed by atoms with E-state index in [1.807, 2.05) is 0 Å². The van der Waals surface area contributed by atoms with Crippen LogP contribution in [0.25, 0.3) is 0 Å². The molecule has 0 aliphatic carbocycles. The molecule has 0 aliphatic heterocycles. The van der Waals surface area contributed by atoms with Gasteiger partial charge in [-0.2, -0.15) is 0 Å². The lowest BCUT2D eigenvalue weighted by molar-refractivity contribution is -0.169. The summed E-state index contributed by atoms with van der Waals surface area (Å²) in [6, 6.07) is 0. The number of hydrogen-bond acceptors (Lipinski definition) is 5. The average molecular weight is 232 g/mol. The molecule has 0 bridgehead atoms. The van der Waals surface area contributed by atoms with Gasteiger partial charge in [-0.1, -0.05) is 0 Å². The van der Waals surface area contributed by atoms with Crippen molar-refractivity contribution in [2.45, 2.75) is 33.8 Å². The quantitative estimate of drug-likeness (QED) is 0.616. The zero-order valence-corrected chi connectivity index (χ0v) is 10.3. The van der Waals surface area contributed by atoms with Crippen LogP contribution in [-0.4, -0.2) is 37.9 Å². The van der Waals surface area contributed by atoms with Crippen molar-refractivity contribution in [2.24, 2.45) is 5.92 Å². The van der Waals surface area contributed by atoms with Crippen LogP contribution >= 0.6 is 0 Å². The first-order valence-corrected chi connectivity index (χ1v) is 5.53. The first kappa shape index (κ1) is 14.9. The Bertz CT molecular complexity index is 226. The fraction of sp³-hybridized carbons (Fsp3) is 0.818. The Morgan fingerprint density at radius 2 is 1.44 bits per heavy atom. The van der Waals surface area contributed by atoms with Crippen LogP contribution in [0.4, 0.5) is 0 Å². The van der Waals surface area contributed by atoms with Gasteiger partial charge in [0.15, 0.2) is 6.10 Å². The minimum absolute atomic E-state index is 0.262. The van der Waals surface area contributed by atoms with Crippen molar-refractivity contribution in [2.75, 3.05) is 19.8 Å². The molecule has 0 aromatic carbocycles. The third kappa shape index (κ3) is 4.61. The van der Waals surface area contributed by atoms with Crippen molar-refractivity contribution < 1.29 is 23.8 Å². The summed E-state index contributed by atoms with van der Waals surface area (Å²) >= 11 is 0. The molecule has 0 aliphatic rings. The highest BCUT2D eigenvalue weighted by Crippen LogP contribution is 2.12. The summed E-state index contributed by atoms with van der Waals surface area (Å²) in [7, 11) is 0. The van der Waals surface area contributed by atoms with Crippen molar-refractivity contribution in [3.8, 4) is 0 Å². The van der Waals surface area contributed by atoms with Crippen molar-refractivity contribution >= 4 is 11.9 Å². The number of hydrogen-bond donors (Lipinski definition) is 0. The van der Waals surface area contributed by atoms with Gasteiger partial charge in [0.05, 0.1) is 19.1 Å². The van der Waals surface area contributed by atoms with E-state index in [1.165, 1.54) is 0 Å². The van der Waals surface area contributed by atoms with Gasteiger partial charge >= 0.3 is 11.9 Å². The van der Waals surface area contributed by atoms with E-state index in [4.69, 9.17) is 14.2 Å². The number of rotatable bonds is 7. The van der Waals surface area contributed by atoms with Crippen molar-refractivity contribution in [1.82, 2.24) is 0 Å². The van der Waals surface area contributed by atoms with E-state index in [9.17, 15) is 9.59 Å². The van der Waals surface area contributed by atoms with Crippen molar-refractivity contribution in [3.63, 3.8) is 0 Å². The van der Waals surface area contributed by atoms with Crippen LogP contribution < -0.4 is 0 Å². The van der Waals surface area contributed by atoms with Gasteiger partial charge < -0.3 is 14.2 Å². The van der Waals surface area contributed by atoms with Crippen molar-refractivity contribution in [1.29, 1.82) is 0 Å². The summed E-state index contributed by atoms with van der Waals surface area (Å²) < 4.78 is 14.9. The van der Waals surface area contributed by atoms with E-state index in [0.717, 1.165) is 0 Å². The van der Waals surface area contributed by atoms with Crippen LogP contribution in [0.3, 0.4) is 0 Å². The molecular weight excluding hydrogens is 212 g/mol. The van der Waals surface area contributed by atoms with Gasteiger partial charge in [0.2, 0.25) is 0 Å². The van der Waals surface area contributed by atoms with Crippen LogP contribution in [-0.2, 0) is 23.8 Å². The molecule has 0 aromatic heterocycles. The second-order valence-electron chi connectivity index (χ2n) is 3.17. The van der Waals surface area contributed by atoms with Crippen LogP contribution in [0.5, 0.6) is 0 Å². The molecule has 2 unspecified atom stereocenters. The lowest BCUT2D eigenvalue weighted by Crippen LogP contribution is -2.37. The predicted octanol–water partition coefficient (Wildman–Crippen LogP) is 1.15.